The van der Waals surface area contributed by atoms with Crippen molar-refractivity contribution in [1.82, 2.24) is 15.3 Å². The van der Waals surface area contributed by atoms with Gasteiger partial charge in [-0.2, -0.15) is 0 Å². The third kappa shape index (κ3) is 8.64. The van der Waals surface area contributed by atoms with E-state index >= 15 is 0 Å². The van der Waals surface area contributed by atoms with Crippen LogP contribution < -0.4 is 10.1 Å². The molecule has 1 heterocycles. The van der Waals surface area contributed by atoms with Crippen molar-refractivity contribution in [2.45, 2.75) is 83.6 Å². The molecule has 1 aliphatic carbocycles. The summed E-state index contributed by atoms with van der Waals surface area (Å²) in [5.74, 6) is 0.616. The lowest BCUT2D eigenvalue weighted by Gasteiger charge is -2.23. The van der Waals surface area contributed by atoms with E-state index < -0.39 is 16.9 Å². The van der Waals surface area contributed by atoms with Crippen molar-refractivity contribution in [3.63, 3.8) is 0 Å². The highest BCUT2D eigenvalue weighted by Gasteiger charge is 2.23. The van der Waals surface area contributed by atoms with Crippen LogP contribution in [0.5, 0.6) is 5.75 Å². The number of ether oxygens (including phenoxy) is 1. The van der Waals surface area contributed by atoms with E-state index in [9.17, 15) is 24.8 Å². The van der Waals surface area contributed by atoms with Crippen LogP contribution in [0.15, 0.2) is 48.7 Å². The van der Waals surface area contributed by atoms with Crippen molar-refractivity contribution in [2.24, 2.45) is 5.92 Å². The summed E-state index contributed by atoms with van der Waals surface area (Å²) in [4.78, 5) is 43.3. The number of nitro groups is 1. The maximum absolute atomic E-state index is 13.2. The van der Waals surface area contributed by atoms with Crippen LogP contribution >= 0.6 is 0 Å². The molecule has 1 unspecified atom stereocenters. The predicted molar refractivity (Wildman–Crippen MR) is 159 cm³/mol. The van der Waals surface area contributed by atoms with E-state index in [1.165, 1.54) is 56.4 Å². The second-order valence-electron chi connectivity index (χ2n) is 11.0. The van der Waals surface area contributed by atoms with Gasteiger partial charge in [0.15, 0.2) is 0 Å². The van der Waals surface area contributed by atoms with Crippen LogP contribution in [-0.4, -0.2) is 38.5 Å². The Labute approximate surface area is 246 Å². The number of amides is 1. The molecule has 1 saturated carbocycles. The summed E-state index contributed by atoms with van der Waals surface area (Å²) < 4.78 is 6.03. The molecule has 3 aromatic rings. The number of benzene rings is 2. The Kier molecular flexibility index (Phi) is 11.1. The zero-order chi connectivity index (χ0) is 29.9. The lowest BCUT2D eigenvalue weighted by Crippen LogP contribution is -2.30. The molecule has 1 atom stereocenters. The van der Waals surface area contributed by atoms with E-state index in [1.807, 2.05) is 6.92 Å². The number of nitrogens with one attached hydrogen (secondary N) is 2. The van der Waals surface area contributed by atoms with Gasteiger partial charge >= 0.3 is 5.97 Å². The van der Waals surface area contributed by atoms with Crippen LogP contribution in [0, 0.1) is 16.0 Å². The lowest BCUT2D eigenvalue weighted by atomic mass is 9.86. The molecule has 1 aliphatic rings. The van der Waals surface area contributed by atoms with E-state index in [1.54, 1.807) is 24.4 Å². The van der Waals surface area contributed by atoms with Gasteiger partial charge in [-0.15, -0.1) is 0 Å². The Morgan fingerprint density at radius 1 is 1.14 bits per heavy atom. The van der Waals surface area contributed by atoms with Crippen LogP contribution in [-0.2, 0) is 11.2 Å². The summed E-state index contributed by atoms with van der Waals surface area (Å²) in [5.41, 5.74) is 2.24. The number of aromatic amines is 1. The highest BCUT2D eigenvalue weighted by Crippen LogP contribution is 2.31. The molecular formula is C32H40N4O6. The maximum Gasteiger partial charge on any atom is 0.335 e. The monoisotopic (exact) mass is 576 g/mol. The number of rotatable bonds is 15. The van der Waals surface area contributed by atoms with Gasteiger partial charge in [-0.1, -0.05) is 51.5 Å². The molecule has 0 aliphatic heterocycles. The fraction of sp³-hybridized carbons (Fsp3) is 0.469. The minimum atomic E-state index is -1.05. The number of imidazole rings is 1. The van der Waals surface area contributed by atoms with Crippen LogP contribution in [0.1, 0.15) is 98.9 Å². The summed E-state index contributed by atoms with van der Waals surface area (Å²) >= 11 is 0. The number of carboxylic acid groups (broad SMARTS) is 1. The zero-order valence-corrected chi connectivity index (χ0v) is 24.1. The molecule has 0 saturated heterocycles. The molecule has 224 valence electrons. The van der Waals surface area contributed by atoms with Crippen molar-refractivity contribution >= 4 is 17.6 Å². The first-order valence-corrected chi connectivity index (χ1v) is 14.9. The minimum Gasteiger partial charge on any atom is -0.493 e. The molecule has 0 spiro atoms. The van der Waals surface area contributed by atoms with Gasteiger partial charge < -0.3 is 20.1 Å². The number of hydrogen-bond donors (Lipinski definition) is 3. The molecule has 1 amide bonds. The number of carbonyl (C=O) groups excluding carboxylic acids is 1. The molecule has 3 N–H and O–H groups in total. The first-order chi connectivity index (χ1) is 20.3. The molecule has 1 fully saturated rings. The first-order valence-electron chi connectivity index (χ1n) is 14.9. The summed E-state index contributed by atoms with van der Waals surface area (Å²) in [5, 5.41) is 23.8. The van der Waals surface area contributed by atoms with Crippen LogP contribution in [0.25, 0.3) is 11.3 Å². The number of H-pyrrole nitrogens is 1. The average Bonchev–Trinajstić information content (AvgIpc) is 3.46. The third-order valence-corrected chi connectivity index (χ3v) is 7.88. The minimum absolute atomic E-state index is 0.00478. The number of aromatic nitrogens is 2. The normalized spacial score (nSPS) is 14.3. The third-order valence-electron chi connectivity index (χ3n) is 7.88. The van der Waals surface area contributed by atoms with Gasteiger partial charge in [0.2, 0.25) is 5.91 Å². The molecule has 0 bridgehead atoms. The summed E-state index contributed by atoms with van der Waals surface area (Å²) in [6.07, 6.45) is 12.3. The zero-order valence-electron chi connectivity index (χ0n) is 24.1. The Hall–Kier alpha value is -4.21. The number of hydrogen-bond acceptors (Lipinski definition) is 6. The van der Waals surface area contributed by atoms with Crippen LogP contribution in [0.2, 0.25) is 0 Å². The summed E-state index contributed by atoms with van der Waals surface area (Å²) in [7, 11) is 0. The number of aromatic carboxylic acids is 1. The number of carboxylic acids is 1. The van der Waals surface area contributed by atoms with Crippen molar-refractivity contribution in [3.05, 3.63) is 75.7 Å². The van der Waals surface area contributed by atoms with Gasteiger partial charge in [-0.3, -0.25) is 14.9 Å². The fourth-order valence-electron chi connectivity index (χ4n) is 5.51. The Balaban J connectivity index is 1.54. The smallest absolute Gasteiger partial charge is 0.335 e. The molecule has 0 radical (unpaired) electrons. The van der Waals surface area contributed by atoms with E-state index in [0.29, 0.717) is 48.2 Å². The Bertz CT molecular complexity index is 1350. The van der Waals surface area contributed by atoms with Crippen molar-refractivity contribution in [3.8, 4) is 17.0 Å². The van der Waals surface area contributed by atoms with Gasteiger partial charge in [0.05, 0.1) is 35.0 Å². The molecule has 1 aromatic heterocycles. The number of nitrogens with zero attached hydrogens (tertiary/aromatic N) is 2. The molecule has 10 nitrogen and oxygen atoms in total. The largest absolute Gasteiger partial charge is 0.493 e. The van der Waals surface area contributed by atoms with E-state index in [0.717, 1.165) is 31.2 Å². The molecule has 42 heavy (non-hydrogen) atoms. The van der Waals surface area contributed by atoms with Crippen LogP contribution in [0.4, 0.5) is 5.69 Å². The first kappa shape index (κ1) is 30.7. The molecule has 2 aromatic carbocycles. The van der Waals surface area contributed by atoms with E-state index in [4.69, 9.17) is 4.74 Å². The fourth-order valence-corrected chi connectivity index (χ4v) is 5.51. The van der Waals surface area contributed by atoms with Crippen molar-refractivity contribution < 1.29 is 24.4 Å². The maximum atomic E-state index is 13.2. The quantitative estimate of drug-likeness (QED) is 0.100. The van der Waals surface area contributed by atoms with Gasteiger partial charge in [-0.25, -0.2) is 9.78 Å². The Morgan fingerprint density at radius 2 is 1.90 bits per heavy atom. The van der Waals surface area contributed by atoms with Crippen molar-refractivity contribution in [1.29, 1.82) is 0 Å². The van der Waals surface area contributed by atoms with Crippen molar-refractivity contribution in [2.75, 3.05) is 6.61 Å². The molecule has 10 heteroatoms. The average molecular weight is 577 g/mol. The number of nitro benzene ring substituents is 1. The summed E-state index contributed by atoms with van der Waals surface area (Å²) in [6, 6.07) is 10.4. The van der Waals surface area contributed by atoms with Gasteiger partial charge in [0.25, 0.3) is 5.69 Å². The topological polar surface area (TPSA) is 147 Å². The molecule has 4 rings (SSSR count). The SMILES string of the molecule is CCCCOc1cc(C(=O)O)ccc1C(Cc1ncc(-c2ccc([N+](=O)[O-])cc2)[nH]1)NC(=O)CCCC1CCCCC1. The highest BCUT2D eigenvalue weighted by atomic mass is 16.6. The van der Waals surface area contributed by atoms with Gasteiger partial charge in [0, 0.05) is 36.1 Å². The predicted octanol–water partition coefficient (Wildman–Crippen LogP) is 7.01. The van der Waals surface area contributed by atoms with Crippen LogP contribution in [0.3, 0.4) is 0 Å². The summed E-state index contributed by atoms with van der Waals surface area (Å²) in [6.45, 7) is 2.48. The van der Waals surface area contributed by atoms with E-state index in [-0.39, 0.29) is 17.2 Å². The second kappa shape index (κ2) is 15.1. The van der Waals surface area contributed by atoms with Gasteiger partial charge in [-0.05, 0) is 49.4 Å². The van der Waals surface area contributed by atoms with E-state index in [2.05, 4.69) is 15.3 Å². The number of non-ortho nitro benzene ring substituents is 1. The second-order valence-corrected chi connectivity index (χ2v) is 11.0. The lowest BCUT2D eigenvalue weighted by molar-refractivity contribution is -0.384. The Morgan fingerprint density at radius 3 is 2.60 bits per heavy atom. The number of carbonyl (C=O) groups is 2. The standard InChI is InChI=1S/C32H40N4O6/c1-2-3-18-42-29-19-24(32(38)39)14-17-26(29)27(35-31(37)11-7-10-22-8-5-4-6-9-22)20-30-33-21-28(34-30)23-12-15-25(16-13-23)36(40)41/h12-17,19,21-22,27H,2-11,18,20H2,1H3,(H,33,34)(H,35,37)(H,38,39). The highest BCUT2D eigenvalue weighted by molar-refractivity contribution is 5.88. The molecular weight excluding hydrogens is 536 g/mol. The van der Waals surface area contributed by atoms with Gasteiger partial charge in [0.1, 0.15) is 11.6 Å². The number of unbranched alkanes of at least 4 members (excludes halogenated alkanes) is 1.